The van der Waals surface area contributed by atoms with Crippen LogP contribution in [0.1, 0.15) is 35.6 Å². The van der Waals surface area contributed by atoms with Crippen molar-refractivity contribution in [3.8, 4) is 0 Å². The zero-order valence-electron chi connectivity index (χ0n) is 12.0. The molecule has 21 heavy (non-hydrogen) atoms. The molecule has 0 aliphatic carbocycles. The molecule has 0 spiro atoms. The van der Waals surface area contributed by atoms with Crippen LogP contribution < -0.4 is 5.73 Å². The highest BCUT2D eigenvalue weighted by Crippen LogP contribution is 2.23. The predicted octanol–water partition coefficient (Wildman–Crippen LogP) is 3.27. The Hall–Kier alpha value is -1.88. The Morgan fingerprint density at radius 3 is 2.71 bits per heavy atom. The van der Waals surface area contributed by atoms with Crippen LogP contribution in [0.25, 0.3) is 0 Å². The van der Waals surface area contributed by atoms with E-state index < -0.39 is 5.82 Å². The lowest BCUT2D eigenvalue weighted by atomic mass is 10.1. The van der Waals surface area contributed by atoms with Crippen LogP contribution in [0.15, 0.2) is 18.2 Å². The highest BCUT2D eigenvalue weighted by molar-refractivity contribution is 6.32. The van der Waals surface area contributed by atoms with Crippen LogP contribution >= 0.6 is 11.6 Å². The van der Waals surface area contributed by atoms with Gasteiger partial charge in [-0.05, 0) is 31.5 Å². The Kier molecular flexibility index (Phi) is 4.63. The molecule has 2 rings (SSSR count). The Balaban J connectivity index is 2.31. The van der Waals surface area contributed by atoms with E-state index in [-0.39, 0.29) is 23.5 Å². The van der Waals surface area contributed by atoms with Gasteiger partial charge in [-0.25, -0.2) is 4.39 Å². The minimum Gasteiger partial charge on any atom is -0.396 e. The Labute approximate surface area is 127 Å². The molecule has 1 aromatic heterocycles. The molecular formula is C15H17ClFN3O. The van der Waals surface area contributed by atoms with Gasteiger partial charge in [0.2, 0.25) is 0 Å². The number of benzene rings is 1. The van der Waals surface area contributed by atoms with E-state index in [1.54, 1.807) is 4.68 Å². The van der Waals surface area contributed by atoms with E-state index in [4.69, 9.17) is 17.3 Å². The molecule has 0 aliphatic heterocycles. The summed E-state index contributed by atoms with van der Waals surface area (Å²) in [5.41, 5.74) is 7.15. The molecule has 0 unspecified atom stereocenters. The van der Waals surface area contributed by atoms with Gasteiger partial charge in [-0.3, -0.25) is 9.48 Å². The van der Waals surface area contributed by atoms with Crippen molar-refractivity contribution in [1.29, 1.82) is 0 Å². The number of hydrogen-bond donors (Lipinski definition) is 1. The number of carbonyl (C=O) groups is 1. The molecule has 0 atom stereocenters. The average molecular weight is 310 g/mol. The van der Waals surface area contributed by atoms with E-state index in [1.165, 1.54) is 12.1 Å². The zero-order chi connectivity index (χ0) is 15.6. The molecule has 112 valence electrons. The first kappa shape index (κ1) is 15.5. The first-order valence-electron chi connectivity index (χ1n) is 6.80. The SMILES string of the molecule is CCc1nn(CC)c(CC(=O)c2ccc(N)c(F)c2)c1Cl. The number of aryl methyl sites for hydroxylation is 2. The Bertz CT molecular complexity index is 682. The van der Waals surface area contributed by atoms with Crippen molar-refractivity contribution >= 4 is 23.1 Å². The molecule has 2 N–H and O–H groups in total. The normalized spacial score (nSPS) is 10.9. The van der Waals surface area contributed by atoms with Gasteiger partial charge in [0.1, 0.15) is 5.82 Å². The first-order valence-corrected chi connectivity index (χ1v) is 7.18. The number of nitrogens with zero attached hydrogens (tertiary/aromatic N) is 2. The summed E-state index contributed by atoms with van der Waals surface area (Å²) in [6.45, 7) is 4.51. The fraction of sp³-hybridized carbons (Fsp3) is 0.333. The highest BCUT2D eigenvalue weighted by atomic mass is 35.5. The van der Waals surface area contributed by atoms with Crippen molar-refractivity contribution < 1.29 is 9.18 Å². The van der Waals surface area contributed by atoms with Gasteiger partial charge in [-0.15, -0.1) is 0 Å². The Morgan fingerprint density at radius 2 is 2.14 bits per heavy atom. The zero-order valence-corrected chi connectivity index (χ0v) is 12.7. The number of nitrogen functional groups attached to an aromatic ring is 1. The topological polar surface area (TPSA) is 60.9 Å². The maximum atomic E-state index is 13.4. The van der Waals surface area contributed by atoms with Crippen molar-refractivity contribution in [1.82, 2.24) is 9.78 Å². The lowest BCUT2D eigenvalue weighted by Crippen LogP contribution is -2.10. The van der Waals surface area contributed by atoms with Crippen LogP contribution in [-0.2, 0) is 19.4 Å². The summed E-state index contributed by atoms with van der Waals surface area (Å²) in [4.78, 5) is 12.3. The molecule has 0 amide bonds. The van der Waals surface area contributed by atoms with Crippen molar-refractivity contribution in [3.63, 3.8) is 0 Å². The fourth-order valence-corrected chi connectivity index (χ4v) is 2.48. The van der Waals surface area contributed by atoms with Gasteiger partial charge in [0.05, 0.1) is 28.5 Å². The number of halogens is 2. The highest BCUT2D eigenvalue weighted by Gasteiger charge is 2.18. The summed E-state index contributed by atoms with van der Waals surface area (Å²) in [6, 6.07) is 4.06. The summed E-state index contributed by atoms with van der Waals surface area (Å²) in [5, 5.41) is 4.88. The smallest absolute Gasteiger partial charge is 0.168 e. The number of aromatic nitrogens is 2. The van der Waals surface area contributed by atoms with E-state index >= 15 is 0 Å². The minimum atomic E-state index is -0.592. The van der Waals surface area contributed by atoms with Gasteiger partial charge < -0.3 is 5.73 Å². The molecule has 0 radical (unpaired) electrons. The van der Waals surface area contributed by atoms with E-state index in [0.717, 1.165) is 11.8 Å². The van der Waals surface area contributed by atoms with Gasteiger partial charge >= 0.3 is 0 Å². The largest absolute Gasteiger partial charge is 0.396 e. The molecule has 2 aromatic rings. The number of nitrogens with two attached hydrogens (primary N) is 1. The molecule has 0 bridgehead atoms. The Morgan fingerprint density at radius 1 is 1.43 bits per heavy atom. The summed E-state index contributed by atoms with van der Waals surface area (Å²) in [5.74, 6) is -0.807. The molecular weight excluding hydrogens is 293 g/mol. The number of ketones is 1. The molecule has 0 fully saturated rings. The van der Waals surface area contributed by atoms with Crippen molar-refractivity contribution in [2.45, 2.75) is 33.2 Å². The monoisotopic (exact) mass is 309 g/mol. The van der Waals surface area contributed by atoms with Crippen LogP contribution in [0, 0.1) is 5.82 Å². The summed E-state index contributed by atoms with van der Waals surface area (Å²) in [6.07, 6.45) is 0.784. The second-order valence-corrected chi connectivity index (χ2v) is 5.09. The first-order chi connectivity index (χ1) is 9.97. The number of rotatable bonds is 5. The van der Waals surface area contributed by atoms with Crippen molar-refractivity contribution in [2.24, 2.45) is 0 Å². The summed E-state index contributed by atoms with van der Waals surface area (Å²) < 4.78 is 15.2. The van der Waals surface area contributed by atoms with E-state index in [2.05, 4.69) is 5.10 Å². The fourth-order valence-electron chi connectivity index (χ4n) is 2.14. The number of anilines is 1. The van der Waals surface area contributed by atoms with Crippen LogP contribution in [0.4, 0.5) is 10.1 Å². The maximum Gasteiger partial charge on any atom is 0.168 e. The summed E-state index contributed by atoms with van der Waals surface area (Å²) >= 11 is 6.27. The maximum absolute atomic E-state index is 13.4. The van der Waals surface area contributed by atoms with Crippen LogP contribution in [-0.4, -0.2) is 15.6 Å². The van der Waals surface area contributed by atoms with E-state index in [0.29, 0.717) is 23.7 Å². The number of Topliss-reactive ketones (excluding diaryl/α,β-unsaturated/α-hetero) is 1. The van der Waals surface area contributed by atoms with Crippen LogP contribution in [0.5, 0.6) is 0 Å². The molecule has 4 nitrogen and oxygen atoms in total. The second-order valence-electron chi connectivity index (χ2n) is 4.71. The van der Waals surface area contributed by atoms with Gasteiger partial charge in [-0.1, -0.05) is 18.5 Å². The average Bonchev–Trinajstić information content (AvgIpc) is 2.78. The van der Waals surface area contributed by atoms with Gasteiger partial charge in [0.25, 0.3) is 0 Å². The molecule has 0 saturated carbocycles. The van der Waals surface area contributed by atoms with Crippen molar-refractivity contribution in [2.75, 3.05) is 5.73 Å². The third-order valence-electron chi connectivity index (χ3n) is 3.34. The lowest BCUT2D eigenvalue weighted by Gasteiger charge is -2.06. The van der Waals surface area contributed by atoms with Gasteiger partial charge in [-0.2, -0.15) is 5.10 Å². The molecule has 0 saturated heterocycles. The predicted molar refractivity (Wildman–Crippen MR) is 81.1 cm³/mol. The summed E-state index contributed by atoms with van der Waals surface area (Å²) in [7, 11) is 0. The number of carbonyl (C=O) groups excluding carboxylic acids is 1. The quantitative estimate of drug-likeness (QED) is 0.681. The van der Waals surface area contributed by atoms with Crippen molar-refractivity contribution in [3.05, 3.63) is 46.0 Å². The van der Waals surface area contributed by atoms with Gasteiger partial charge in [0.15, 0.2) is 5.78 Å². The molecule has 0 aliphatic rings. The van der Waals surface area contributed by atoms with Crippen LogP contribution in [0.3, 0.4) is 0 Å². The number of hydrogen-bond acceptors (Lipinski definition) is 3. The van der Waals surface area contributed by atoms with E-state index in [9.17, 15) is 9.18 Å². The standard InChI is InChI=1S/C15H17ClFN3O/c1-3-12-15(16)13(20(4-2)19-12)8-14(21)9-5-6-11(18)10(17)7-9/h5-7H,3-4,8,18H2,1-2H3. The van der Waals surface area contributed by atoms with E-state index in [1.807, 2.05) is 13.8 Å². The minimum absolute atomic E-state index is 0.0245. The third-order valence-corrected chi connectivity index (χ3v) is 3.78. The lowest BCUT2D eigenvalue weighted by molar-refractivity contribution is 0.0990. The van der Waals surface area contributed by atoms with Gasteiger partial charge in [0, 0.05) is 12.1 Å². The molecule has 6 heteroatoms. The third kappa shape index (κ3) is 3.08. The second kappa shape index (κ2) is 6.26. The van der Waals surface area contributed by atoms with Crippen LogP contribution in [0.2, 0.25) is 5.02 Å². The molecule has 1 aromatic carbocycles. The molecule has 1 heterocycles.